The van der Waals surface area contributed by atoms with Crippen molar-refractivity contribution in [1.29, 1.82) is 0 Å². The van der Waals surface area contributed by atoms with Gasteiger partial charge in [-0.05, 0) is 25.5 Å². The summed E-state index contributed by atoms with van der Waals surface area (Å²) < 4.78 is 2.15. The van der Waals surface area contributed by atoms with Crippen LogP contribution in [0.1, 0.15) is 22.0 Å². The largest absolute Gasteiger partial charge is 0.307 e. The van der Waals surface area contributed by atoms with Gasteiger partial charge >= 0.3 is 0 Å². The molecule has 0 fully saturated rings. The SMILES string of the molecule is Cc1cnc2c(c1)nc(CCCl)n2Cc1scnc1C. The Morgan fingerprint density at radius 2 is 2.15 bits per heavy atom. The molecule has 0 unspecified atom stereocenters. The van der Waals surface area contributed by atoms with Crippen LogP contribution in [0.3, 0.4) is 0 Å². The molecule has 104 valence electrons. The number of nitrogens with zero attached hydrogens (tertiary/aromatic N) is 4. The first-order valence-corrected chi connectivity index (χ1v) is 7.87. The Hall–Kier alpha value is -1.46. The number of aryl methyl sites for hydroxylation is 3. The summed E-state index contributed by atoms with van der Waals surface area (Å²) in [5.74, 6) is 1.55. The van der Waals surface area contributed by atoms with E-state index in [9.17, 15) is 0 Å². The third-order valence-electron chi connectivity index (χ3n) is 3.27. The fourth-order valence-electron chi connectivity index (χ4n) is 2.22. The highest BCUT2D eigenvalue weighted by Gasteiger charge is 2.13. The Kier molecular flexibility index (Phi) is 3.72. The number of hydrogen-bond donors (Lipinski definition) is 0. The zero-order chi connectivity index (χ0) is 14.1. The standard InChI is InChI=1S/C14H15ClN4S/c1-9-5-11-14(16-6-9)19(13(18-11)3-4-15)7-12-10(2)17-8-20-12/h5-6,8H,3-4,7H2,1-2H3. The van der Waals surface area contributed by atoms with Crippen molar-refractivity contribution in [3.63, 3.8) is 0 Å². The second-order valence-corrected chi connectivity index (χ2v) is 6.09. The van der Waals surface area contributed by atoms with E-state index >= 15 is 0 Å². The van der Waals surface area contributed by atoms with E-state index < -0.39 is 0 Å². The summed E-state index contributed by atoms with van der Waals surface area (Å²) in [6.07, 6.45) is 2.62. The molecule has 0 aromatic carbocycles. The lowest BCUT2D eigenvalue weighted by atomic mass is 10.3. The molecule has 0 atom stereocenters. The fourth-order valence-corrected chi connectivity index (χ4v) is 3.16. The zero-order valence-corrected chi connectivity index (χ0v) is 13.0. The summed E-state index contributed by atoms with van der Waals surface area (Å²) >= 11 is 7.56. The van der Waals surface area contributed by atoms with Gasteiger partial charge in [0, 0.05) is 23.4 Å². The highest BCUT2D eigenvalue weighted by molar-refractivity contribution is 7.09. The lowest BCUT2D eigenvalue weighted by Gasteiger charge is -2.07. The van der Waals surface area contributed by atoms with Gasteiger partial charge in [0.05, 0.1) is 17.7 Å². The molecule has 0 saturated carbocycles. The Morgan fingerprint density at radius 1 is 1.30 bits per heavy atom. The number of halogens is 1. The summed E-state index contributed by atoms with van der Waals surface area (Å²) in [5.41, 5.74) is 5.92. The topological polar surface area (TPSA) is 43.6 Å². The van der Waals surface area contributed by atoms with E-state index in [1.165, 1.54) is 4.88 Å². The predicted octanol–water partition coefficient (Wildman–Crippen LogP) is 3.33. The molecule has 0 aliphatic carbocycles. The van der Waals surface area contributed by atoms with Gasteiger partial charge in [-0.1, -0.05) is 0 Å². The molecule has 0 amide bonds. The van der Waals surface area contributed by atoms with E-state index in [4.69, 9.17) is 11.6 Å². The predicted molar refractivity (Wildman–Crippen MR) is 82.6 cm³/mol. The van der Waals surface area contributed by atoms with Crippen molar-refractivity contribution >= 4 is 34.1 Å². The maximum atomic E-state index is 5.90. The number of rotatable bonds is 4. The number of hydrogen-bond acceptors (Lipinski definition) is 4. The zero-order valence-electron chi connectivity index (χ0n) is 11.4. The molecule has 3 heterocycles. The van der Waals surface area contributed by atoms with Gasteiger partial charge in [0.1, 0.15) is 11.3 Å². The van der Waals surface area contributed by atoms with E-state index in [0.717, 1.165) is 41.2 Å². The number of aromatic nitrogens is 4. The van der Waals surface area contributed by atoms with Crippen LogP contribution < -0.4 is 0 Å². The fraction of sp³-hybridized carbons (Fsp3) is 0.357. The third kappa shape index (κ3) is 2.43. The van der Waals surface area contributed by atoms with Gasteiger partial charge in [0.2, 0.25) is 0 Å². The molecule has 3 aromatic rings. The van der Waals surface area contributed by atoms with Gasteiger partial charge < -0.3 is 4.57 Å². The summed E-state index contributed by atoms with van der Waals surface area (Å²) in [6.45, 7) is 4.82. The highest BCUT2D eigenvalue weighted by atomic mass is 35.5. The summed E-state index contributed by atoms with van der Waals surface area (Å²) in [5, 5.41) is 0. The molecule has 0 radical (unpaired) electrons. The molecule has 0 aliphatic heterocycles. The van der Waals surface area contributed by atoms with E-state index in [1.807, 2.05) is 25.6 Å². The minimum Gasteiger partial charge on any atom is -0.307 e. The number of pyridine rings is 1. The Morgan fingerprint density at radius 3 is 2.85 bits per heavy atom. The average Bonchev–Trinajstić information content (AvgIpc) is 2.96. The minimum atomic E-state index is 0.560. The molecule has 0 aliphatic rings. The number of fused-ring (bicyclic) bond motifs is 1. The quantitative estimate of drug-likeness (QED) is 0.694. The van der Waals surface area contributed by atoms with Crippen LogP contribution in [0.15, 0.2) is 17.8 Å². The first-order chi connectivity index (χ1) is 9.69. The van der Waals surface area contributed by atoms with Gasteiger partial charge in [-0.2, -0.15) is 0 Å². The summed E-state index contributed by atoms with van der Waals surface area (Å²) in [6, 6.07) is 2.07. The first-order valence-electron chi connectivity index (χ1n) is 6.45. The van der Waals surface area contributed by atoms with Crippen molar-refractivity contribution in [2.24, 2.45) is 0 Å². The van der Waals surface area contributed by atoms with Crippen LogP contribution in [0.2, 0.25) is 0 Å². The van der Waals surface area contributed by atoms with E-state index in [1.54, 1.807) is 11.3 Å². The molecule has 0 spiro atoms. The molecule has 0 N–H and O–H groups in total. The van der Waals surface area contributed by atoms with Crippen LogP contribution in [0.25, 0.3) is 11.2 Å². The molecule has 0 bridgehead atoms. The molecule has 20 heavy (non-hydrogen) atoms. The van der Waals surface area contributed by atoms with Gasteiger partial charge in [-0.15, -0.1) is 22.9 Å². The highest BCUT2D eigenvalue weighted by Crippen LogP contribution is 2.21. The molecular weight excluding hydrogens is 292 g/mol. The second kappa shape index (κ2) is 5.50. The smallest absolute Gasteiger partial charge is 0.160 e. The molecule has 0 saturated heterocycles. The minimum absolute atomic E-state index is 0.560. The van der Waals surface area contributed by atoms with Crippen LogP contribution in [0.4, 0.5) is 0 Å². The van der Waals surface area contributed by atoms with Crippen LogP contribution in [-0.4, -0.2) is 25.4 Å². The van der Waals surface area contributed by atoms with Crippen molar-refractivity contribution in [2.45, 2.75) is 26.8 Å². The number of alkyl halides is 1. The first kappa shape index (κ1) is 13.5. The van der Waals surface area contributed by atoms with Crippen molar-refractivity contribution in [2.75, 3.05) is 5.88 Å². The van der Waals surface area contributed by atoms with Crippen LogP contribution in [0, 0.1) is 13.8 Å². The lowest BCUT2D eigenvalue weighted by molar-refractivity contribution is 0.751. The molecule has 3 aromatic heterocycles. The Balaban J connectivity index is 2.11. The molecule has 6 heteroatoms. The van der Waals surface area contributed by atoms with Crippen molar-refractivity contribution in [3.05, 3.63) is 39.7 Å². The summed E-state index contributed by atoms with van der Waals surface area (Å²) in [7, 11) is 0. The molecule has 3 rings (SSSR count). The molecular formula is C14H15ClN4S. The Bertz CT molecular complexity index is 747. The van der Waals surface area contributed by atoms with Gasteiger partial charge in [0.15, 0.2) is 5.65 Å². The van der Waals surface area contributed by atoms with Crippen molar-refractivity contribution in [3.8, 4) is 0 Å². The number of imidazole rings is 1. The maximum absolute atomic E-state index is 5.90. The van der Waals surface area contributed by atoms with Crippen LogP contribution in [-0.2, 0) is 13.0 Å². The second-order valence-electron chi connectivity index (χ2n) is 4.77. The molecule has 4 nitrogen and oxygen atoms in total. The van der Waals surface area contributed by atoms with Gasteiger partial charge in [-0.25, -0.2) is 15.0 Å². The normalized spacial score (nSPS) is 11.3. The van der Waals surface area contributed by atoms with E-state index in [-0.39, 0.29) is 0 Å². The van der Waals surface area contributed by atoms with Crippen molar-refractivity contribution in [1.82, 2.24) is 19.5 Å². The van der Waals surface area contributed by atoms with Crippen LogP contribution >= 0.6 is 22.9 Å². The van der Waals surface area contributed by atoms with E-state index in [0.29, 0.717) is 5.88 Å². The third-order valence-corrected chi connectivity index (χ3v) is 4.37. The lowest BCUT2D eigenvalue weighted by Crippen LogP contribution is -2.06. The maximum Gasteiger partial charge on any atom is 0.160 e. The van der Waals surface area contributed by atoms with Gasteiger partial charge in [0.25, 0.3) is 0 Å². The monoisotopic (exact) mass is 306 g/mol. The summed E-state index contributed by atoms with van der Waals surface area (Å²) in [4.78, 5) is 14.8. The van der Waals surface area contributed by atoms with Gasteiger partial charge in [-0.3, -0.25) is 0 Å². The van der Waals surface area contributed by atoms with Crippen LogP contribution in [0.5, 0.6) is 0 Å². The van der Waals surface area contributed by atoms with Crippen molar-refractivity contribution < 1.29 is 0 Å². The number of thiazole rings is 1. The van der Waals surface area contributed by atoms with E-state index in [2.05, 4.69) is 25.6 Å². The average molecular weight is 307 g/mol. The Labute approximate surface area is 126 Å².